The van der Waals surface area contributed by atoms with Crippen molar-refractivity contribution in [2.24, 2.45) is 5.92 Å². The van der Waals surface area contributed by atoms with Crippen LogP contribution in [-0.4, -0.2) is 48.3 Å². The maximum Gasteiger partial charge on any atom is 0.307 e. The fraction of sp³-hybridized carbons (Fsp3) is 0.500. The van der Waals surface area contributed by atoms with E-state index >= 15 is 0 Å². The molecule has 1 aromatic carbocycles. The SMILES string of the molecule is O=C(CN1CCCC(C(=O)O)C1)NCc1ccc2c(c1)OCO2. The van der Waals surface area contributed by atoms with Crippen LogP contribution in [0.1, 0.15) is 18.4 Å². The van der Waals surface area contributed by atoms with Crippen LogP contribution in [0.4, 0.5) is 0 Å². The Hall–Kier alpha value is -2.28. The lowest BCUT2D eigenvalue weighted by molar-refractivity contribution is -0.144. The lowest BCUT2D eigenvalue weighted by Gasteiger charge is -2.29. The van der Waals surface area contributed by atoms with Gasteiger partial charge in [0.25, 0.3) is 0 Å². The van der Waals surface area contributed by atoms with E-state index in [0.29, 0.717) is 31.0 Å². The highest BCUT2D eigenvalue weighted by Crippen LogP contribution is 2.32. The van der Waals surface area contributed by atoms with Crippen LogP contribution in [0, 0.1) is 5.92 Å². The minimum Gasteiger partial charge on any atom is -0.481 e. The number of carboxylic acids is 1. The molecule has 1 aromatic rings. The molecule has 0 saturated carbocycles. The molecule has 1 saturated heterocycles. The molecule has 124 valence electrons. The van der Waals surface area contributed by atoms with Crippen molar-refractivity contribution >= 4 is 11.9 Å². The first-order valence-corrected chi connectivity index (χ1v) is 7.72. The van der Waals surface area contributed by atoms with Gasteiger partial charge in [-0.1, -0.05) is 6.07 Å². The van der Waals surface area contributed by atoms with Crippen molar-refractivity contribution in [2.75, 3.05) is 26.4 Å². The van der Waals surface area contributed by atoms with E-state index in [1.807, 2.05) is 23.1 Å². The molecule has 0 radical (unpaired) electrons. The first-order chi connectivity index (χ1) is 11.1. The first-order valence-electron chi connectivity index (χ1n) is 7.72. The molecule has 2 N–H and O–H groups in total. The molecule has 0 spiro atoms. The molecule has 1 fully saturated rings. The van der Waals surface area contributed by atoms with Crippen LogP contribution < -0.4 is 14.8 Å². The molecular formula is C16H20N2O5. The van der Waals surface area contributed by atoms with Gasteiger partial charge in [0, 0.05) is 13.1 Å². The summed E-state index contributed by atoms with van der Waals surface area (Å²) >= 11 is 0. The Balaban J connectivity index is 1.47. The fourth-order valence-corrected chi connectivity index (χ4v) is 2.91. The number of fused-ring (bicyclic) bond motifs is 1. The van der Waals surface area contributed by atoms with Crippen LogP contribution >= 0.6 is 0 Å². The van der Waals surface area contributed by atoms with Crippen molar-refractivity contribution in [1.29, 1.82) is 0 Å². The number of nitrogens with zero attached hydrogens (tertiary/aromatic N) is 1. The summed E-state index contributed by atoms with van der Waals surface area (Å²) in [5.41, 5.74) is 0.935. The van der Waals surface area contributed by atoms with Crippen molar-refractivity contribution < 1.29 is 24.2 Å². The average molecular weight is 320 g/mol. The van der Waals surface area contributed by atoms with E-state index in [2.05, 4.69) is 5.32 Å². The standard InChI is InChI=1S/C16H20N2O5/c19-15(9-18-5-1-2-12(8-18)16(20)21)17-7-11-3-4-13-14(6-11)23-10-22-13/h3-4,6,12H,1-2,5,7-10H2,(H,17,19)(H,20,21). The minimum absolute atomic E-state index is 0.103. The van der Waals surface area contributed by atoms with Gasteiger partial charge in [0.05, 0.1) is 12.5 Å². The zero-order valence-corrected chi connectivity index (χ0v) is 12.8. The van der Waals surface area contributed by atoms with Gasteiger partial charge < -0.3 is 19.9 Å². The molecule has 7 nitrogen and oxygen atoms in total. The Morgan fingerprint density at radius 3 is 2.96 bits per heavy atom. The Bertz CT molecular complexity index is 604. The minimum atomic E-state index is -0.782. The predicted molar refractivity (Wildman–Crippen MR) is 81.2 cm³/mol. The zero-order chi connectivity index (χ0) is 16.2. The predicted octanol–water partition coefficient (Wildman–Crippen LogP) is 0.828. The largest absolute Gasteiger partial charge is 0.481 e. The third-order valence-corrected chi connectivity index (χ3v) is 4.15. The third kappa shape index (κ3) is 3.92. The summed E-state index contributed by atoms with van der Waals surface area (Å²) in [6, 6.07) is 5.56. The third-order valence-electron chi connectivity index (χ3n) is 4.15. The molecule has 2 aliphatic rings. The molecule has 7 heteroatoms. The number of piperidine rings is 1. The molecular weight excluding hydrogens is 300 g/mol. The van der Waals surface area contributed by atoms with Gasteiger partial charge in [0.2, 0.25) is 12.7 Å². The number of hydrogen-bond donors (Lipinski definition) is 2. The summed E-state index contributed by atoms with van der Waals surface area (Å²) in [5.74, 6) is 0.153. The molecule has 0 bridgehead atoms. The number of carbonyl (C=O) groups excluding carboxylic acids is 1. The molecule has 0 aromatic heterocycles. The number of carbonyl (C=O) groups is 2. The van der Waals surface area contributed by atoms with Crippen LogP contribution in [0.15, 0.2) is 18.2 Å². The molecule has 1 unspecified atom stereocenters. The number of nitrogens with one attached hydrogen (secondary N) is 1. The van der Waals surface area contributed by atoms with E-state index in [1.165, 1.54) is 0 Å². The number of ether oxygens (including phenoxy) is 2. The van der Waals surface area contributed by atoms with E-state index in [0.717, 1.165) is 18.5 Å². The maximum atomic E-state index is 12.0. The van der Waals surface area contributed by atoms with Gasteiger partial charge in [-0.25, -0.2) is 0 Å². The van der Waals surface area contributed by atoms with Crippen LogP contribution in [0.5, 0.6) is 11.5 Å². The summed E-state index contributed by atoms with van der Waals surface area (Å²) in [7, 11) is 0. The lowest BCUT2D eigenvalue weighted by atomic mass is 9.98. The van der Waals surface area contributed by atoms with E-state index < -0.39 is 5.97 Å². The molecule has 2 aliphatic heterocycles. The second kappa shape index (κ2) is 6.87. The molecule has 0 aliphatic carbocycles. The topological polar surface area (TPSA) is 88.1 Å². The highest BCUT2D eigenvalue weighted by molar-refractivity contribution is 5.78. The quantitative estimate of drug-likeness (QED) is 0.835. The number of amides is 1. The van der Waals surface area contributed by atoms with Gasteiger partial charge in [-0.05, 0) is 37.1 Å². The van der Waals surface area contributed by atoms with Gasteiger partial charge in [0.1, 0.15) is 0 Å². The maximum absolute atomic E-state index is 12.0. The van der Waals surface area contributed by atoms with Crippen LogP contribution in [-0.2, 0) is 16.1 Å². The van der Waals surface area contributed by atoms with Crippen molar-refractivity contribution in [3.05, 3.63) is 23.8 Å². The van der Waals surface area contributed by atoms with Gasteiger partial charge >= 0.3 is 5.97 Å². The number of benzene rings is 1. The average Bonchev–Trinajstić information content (AvgIpc) is 3.01. The van der Waals surface area contributed by atoms with Crippen molar-refractivity contribution in [3.8, 4) is 11.5 Å². The Labute approximate surface area is 134 Å². The second-order valence-corrected chi connectivity index (χ2v) is 5.88. The number of likely N-dealkylation sites (tertiary alicyclic amines) is 1. The Kier molecular flexibility index (Phi) is 4.66. The Morgan fingerprint density at radius 1 is 1.30 bits per heavy atom. The van der Waals surface area contributed by atoms with Gasteiger partial charge in [-0.3, -0.25) is 14.5 Å². The molecule has 23 heavy (non-hydrogen) atoms. The summed E-state index contributed by atoms with van der Waals surface area (Å²) < 4.78 is 10.5. The molecule has 3 rings (SSSR count). The number of rotatable bonds is 5. The molecule has 1 atom stereocenters. The summed E-state index contributed by atoms with van der Waals surface area (Å²) in [4.78, 5) is 25.0. The van der Waals surface area contributed by atoms with Crippen molar-refractivity contribution in [1.82, 2.24) is 10.2 Å². The highest BCUT2D eigenvalue weighted by Gasteiger charge is 2.26. The van der Waals surface area contributed by atoms with Crippen LogP contribution in [0.2, 0.25) is 0 Å². The van der Waals surface area contributed by atoms with Crippen molar-refractivity contribution in [3.63, 3.8) is 0 Å². The van der Waals surface area contributed by atoms with E-state index in [-0.39, 0.29) is 25.2 Å². The fourth-order valence-electron chi connectivity index (χ4n) is 2.91. The zero-order valence-electron chi connectivity index (χ0n) is 12.8. The first kappa shape index (κ1) is 15.6. The summed E-state index contributed by atoms with van der Waals surface area (Å²) in [6.07, 6.45) is 1.50. The summed E-state index contributed by atoms with van der Waals surface area (Å²) in [5, 5.41) is 11.9. The Morgan fingerprint density at radius 2 is 2.13 bits per heavy atom. The number of aliphatic carboxylic acids is 1. The van der Waals surface area contributed by atoms with E-state index in [4.69, 9.17) is 14.6 Å². The monoisotopic (exact) mass is 320 g/mol. The van der Waals surface area contributed by atoms with Gasteiger partial charge in [0.15, 0.2) is 11.5 Å². The van der Waals surface area contributed by atoms with Crippen LogP contribution in [0.25, 0.3) is 0 Å². The van der Waals surface area contributed by atoms with Gasteiger partial charge in [-0.2, -0.15) is 0 Å². The second-order valence-electron chi connectivity index (χ2n) is 5.88. The molecule has 2 heterocycles. The van der Waals surface area contributed by atoms with E-state index in [9.17, 15) is 9.59 Å². The number of carboxylic acid groups (broad SMARTS) is 1. The normalized spacial score (nSPS) is 20.3. The number of hydrogen-bond acceptors (Lipinski definition) is 5. The van der Waals surface area contributed by atoms with Crippen LogP contribution in [0.3, 0.4) is 0 Å². The van der Waals surface area contributed by atoms with Gasteiger partial charge in [-0.15, -0.1) is 0 Å². The summed E-state index contributed by atoms with van der Waals surface area (Å²) in [6.45, 7) is 2.07. The van der Waals surface area contributed by atoms with Crippen molar-refractivity contribution in [2.45, 2.75) is 19.4 Å². The smallest absolute Gasteiger partial charge is 0.307 e. The van der Waals surface area contributed by atoms with E-state index in [1.54, 1.807) is 0 Å². The molecule has 1 amide bonds. The highest BCUT2D eigenvalue weighted by atomic mass is 16.7. The lowest BCUT2D eigenvalue weighted by Crippen LogP contribution is -2.44.